The van der Waals surface area contributed by atoms with E-state index < -0.39 is 0 Å². The molecule has 0 radical (unpaired) electrons. The van der Waals surface area contributed by atoms with Crippen LogP contribution < -0.4 is 5.32 Å². The quantitative estimate of drug-likeness (QED) is 0.698. The van der Waals surface area contributed by atoms with Crippen LogP contribution in [0, 0.1) is 0 Å². The number of imidazole rings is 1. The van der Waals surface area contributed by atoms with Crippen LogP contribution in [-0.4, -0.2) is 20.6 Å². The maximum atomic E-state index is 12.1. The molecule has 1 heterocycles. The fourth-order valence-corrected chi connectivity index (χ4v) is 2.71. The minimum atomic E-state index is -0.0271. The number of hydrogen-bond donors (Lipinski definition) is 2. The van der Waals surface area contributed by atoms with Crippen molar-refractivity contribution in [3.63, 3.8) is 0 Å². The molecule has 0 saturated carbocycles. The van der Waals surface area contributed by atoms with Gasteiger partial charge in [-0.1, -0.05) is 42.5 Å². The van der Waals surface area contributed by atoms with E-state index in [2.05, 4.69) is 16.4 Å². The van der Waals surface area contributed by atoms with Gasteiger partial charge in [0.05, 0.1) is 6.33 Å². The Labute approximate surface area is 147 Å². The van der Waals surface area contributed by atoms with Crippen molar-refractivity contribution in [2.24, 2.45) is 0 Å². The number of carbonyl (C=O) groups is 1. The number of aromatic hydroxyl groups is 1. The lowest BCUT2D eigenvalue weighted by Gasteiger charge is -2.11. The van der Waals surface area contributed by atoms with Gasteiger partial charge in [-0.05, 0) is 29.2 Å². The van der Waals surface area contributed by atoms with Crippen LogP contribution in [0.2, 0.25) is 0 Å². The van der Waals surface area contributed by atoms with Gasteiger partial charge in [0, 0.05) is 31.9 Å². The lowest BCUT2D eigenvalue weighted by atomic mass is 10.1. The summed E-state index contributed by atoms with van der Waals surface area (Å²) in [4.78, 5) is 16.2. The van der Waals surface area contributed by atoms with Crippen LogP contribution in [0.4, 0.5) is 0 Å². The second-order valence-electron chi connectivity index (χ2n) is 5.91. The maximum Gasteiger partial charge on any atom is 0.220 e. The molecular formula is C20H21N3O2. The van der Waals surface area contributed by atoms with Crippen molar-refractivity contribution in [2.75, 3.05) is 0 Å². The molecule has 2 aromatic carbocycles. The Balaban J connectivity index is 1.54. The molecule has 5 nitrogen and oxygen atoms in total. The Morgan fingerprint density at radius 1 is 1.04 bits per heavy atom. The Bertz CT molecular complexity index is 828. The van der Waals surface area contributed by atoms with Gasteiger partial charge in [-0.2, -0.15) is 0 Å². The number of rotatable bonds is 7. The highest BCUT2D eigenvalue weighted by molar-refractivity contribution is 5.76. The van der Waals surface area contributed by atoms with Crippen LogP contribution in [-0.2, 0) is 24.3 Å². The van der Waals surface area contributed by atoms with Crippen LogP contribution in [0.5, 0.6) is 5.75 Å². The topological polar surface area (TPSA) is 67.2 Å². The molecule has 1 aromatic heterocycles. The number of aryl methyl sites for hydroxylation is 1. The summed E-state index contributed by atoms with van der Waals surface area (Å²) in [5, 5.41) is 12.7. The average Bonchev–Trinajstić information content (AvgIpc) is 3.13. The van der Waals surface area contributed by atoms with Gasteiger partial charge in [0.25, 0.3) is 0 Å². The minimum absolute atomic E-state index is 0.0271. The number of aromatic nitrogens is 2. The van der Waals surface area contributed by atoms with Crippen molar-refractivity contribution in [3.05, 3.63) is 83.9 Å². The van der Waals surface area contributed by atoms with Crippen LogP contribution >= 0.6 is 0 Å². The van der Waals surface area contributed by atoms with Gasteiger partial charge in [-0.15, -0.1) is 0 Å². The van der Waals surface area contributed by atoms with E-state index in [0.717, 1.165) is 23.2 Å². The SMILES string of the molecule is O=C(CCc1ccccc1O)NCc1ccccc1Cn1ccnc1. The number of nitrogens with one attached hydrogen (secondary N) is 1. The number of phenols is 1. The van der Waals surface area contributed by atoms with Crippen LogP contribution in [0.1, 0.15) is 23.1 Å². The summed E-state index contributed by atoms with van der Waals surface area (Å²) in [6.45, 7) is 1.22. The van der Waals surface area contributed by atoms with E-state index in [1.165, 1.54) is 0 Å². The van der Waals surface area contributed by atoms with Crippen molar-refractivity contribution in [1.29, 1.82) is 0 Å². The van der Waals surface area contributed by atoms with Crippen molar-refractivity contribution in [1.82, 2.24) is 14.9 Å². The first-order chi connectivity index (χ1) is 12.2. The van der Waals surface area contributed by atoms with Crippen molar-refractivity contribution >= 4 is 5.91 Å². The van der Waals surface area contributed by atoms with Gasteiger partial charge in [0.15, 0.2) is 0 Å². The molecule has 0 atom stereocenters. The summed E-state index contributed by atoms with van der Waals surface area (Å²) >= 11 is 0. The number of amides is 1. The lowest BCUT2D eigenvalue weighted by Crippen LogP contribution is -2.23. The van der Waals surface area contributed by atoms with Gasteiger partial charge in [-0.25, -0.2) is 4.98 Å². The highest BCUT2D eigenvalue weighted by atomic mass is 16.3. The zero-order valence-electron chi connectivity index (χ0n) is 13.9. The molecule has 128 valence electrons. The number of para-hydroxylation sites is 1. The molecule has 0 aliphatic rings. The van der Waals surface area contributed by atoms with E-state index in [-0.39, 0.29) is 11.7 Å². The zero-order valence-corrected chi connectivity index (χ0v) is 13.9. The first-order valence-electron chi connectivity index (χ1n) is 8.28. The largest absolute Gasteiger partial charge is 0.508 e. The fourth-order valence-electron chi connectivity index (χ4n) is 2.71. The highest BCUT2D eigenvalue weighted by Crippen LogP contribution is 2.17. The molecule has 0 spiro atoms. The number of nitrogens with zero attached hydrogens (tertiary/aromatic N) is 2. The number of benzene rings is 2. The molecule has 3 aromatic rings. The van der Waals surface area contributed by atoms with E-state index in [9.17, 15) is 9.90 Å². The Kier molecular flexibility index (Phi) is 5.46. The standard InChI is InChI=1S/C20H21N3O2/c24-19-8-4-3-5-16(19)9-10-20(25)22-13-17-6-1-2-7-18(17)14-23-12-11-21-15-23/h1-8,11-12,15,24H,9-10,13-14H2,(H,22,25). The molecular weight excluding hydrogens is 314 g/mol. The monoisotopic (exact) mass is 335 g/mol. The molecule has 0 aliphatic carbocycles. The molecule has 2 N–H and O–H groups in total. The highest BCUT2D eigenvalue weighted by Gasteiger charge is 2.07. The molecule has 25 heavy (non-hydrogen) atoms. The predicted molar refractivity (Wildman–Crippen MR) is 96.0 cm³/mol. The molecule has 5 heteroatoms. The number of hydrogen-bond acceptors (Lipinski definition) is 3. The van der Waals surface area contributed by atoms with E-state index in [1.807, 2.05) is 41.1 Å². The lowest BCUT2D eigenvalue weighted by molar-refractivity contribution is -0.121. The molecule has 3 rings (SSSR count). The Hall–Kier alpha value is -3.08. The van der Waals surface area contributed by atoms with Crippen molar-refractivity contribution in [3.8, 4) is 5.75 Å². The molecule has 0 bridgehead atoms. The molecule has 0 fully saturated rings. The van der Waals surface area contributed by atoms with Gasteiger partial charge >= 0.3 is 0 Å². The van der Waals surface area contributed by atoms with E-state index >= 15 is 0 Å². The van der Waals surface area contributed by atoms with Crippen LogP contribution in [0.25, 0.3) is 0 Å². The smallest absolute Gasteiger partial charge is 0.220 e. The molecule has 0 aliphatic heterocycles. The third kappa shape index (κ3) is 4.70. The summed E-state index contributed by atoms with van der Waals surface area (Å²) in [6, 6.07) is 15.2. The van der Waals surface area contributed by atoms with Gasteiger partial charge < -0.3 is 15.0 Å². The second kappa shape index (κ2) is 8.15. The van der Waals surface area contributed by atoms with Crippen LogP contribution in [0.3, 0.4) is 0 Å². The first-order valence-corrected chi connectivity index (χ1v) is 8.28. The summed E-state index contributed by atoms with van der Waals surface area (Å²) in [6.07, 6.45) is 6.32. The first kappa shape index (κ1) is 16.8. The van der Waals surface area contributed by atoms with Gasteiger partial charge in [-0.3, -0.25) is 4.79 Å². The third-order valence-electron chi connectivity index (χ3n) is 4.12. The second-order valence-corrected chi connectivity index (χ2v) is 5.91. The Morgan fingerprint density at radius 3 is 2.48 bits per heavy atom. The van der Waals surface area contributed by atoms with Crippen molar-refractivity contribution < 1.29 is 9.90 Å². The van der Waals surface area contributed by atoms with E-state index in [4.69, 9.17) is 0 Å². The number of carbonyl (C=O) groups excluding carboxylic acids is 1. The zero-order chi connectivity index (χ0) is 17.5. The fraction of sp³-hybridized carbons (Fsp3) is 0.200. The normalized spacial score (nSPS) is 10.6. The van der Waals surface area contributed by atoms with Crippen molar-refractivity contribution in [2.45, 2.75) is 25.9 Å². The maximum absolute atomic E-state index is 12.1. The van der Waals surface area contributed by atoms with E-state index in [1.54, 1.807) is 24.7 Å². The minimum Gasteiger partial charge on any atom is -0.508 e. The summed E-state index contributed by atoms with van der Waals surface area (Å²) in [5.74, 6) is 0.210. The van der Waals surface area contributed by atoms with Gasteiger partial charge in [0.1, 0.15) is 5.75 Å². The summed E-state index contributed by atoms with van der Waals surface area (Å²) in [5.41, 5.74) is 3.03. The van der Waals surface area contributed by atoms with Crippen LogP contribution in [0.15, 0.2) is 67.3 Å². The average molecular weight is 335 g/mol. The molecule has 0 unspecified atom stereocenters. The predicted octanol–water partition coefficient (Wildman–Crippen LogP) is 2.89. The number of phenolic OH excluding ortho intramolecular Hbond substituents is 1. The third-order valence-corrected chi connectivity index (χ3v) is 4.12. The molecule has 0 saturated heterocycles. The summed E-state index contributed by atoms with van der Waals surface area (Å²) in [7, 11) is 0. The summed E-state index contributed by atoms with van der Waals surface area (Å²) < 4.78 is 2.00. The Morgan fingerprint density at radius 2 is 1.76 bits per heavy atom. The van der Waals surface area contributed by atoms with E-state index in [0.29, 0.717) is 19.4 Å². The van der Waals surface area contributed by atoms with Gasteiger partial charge in [0.2, 0.25) is 5.91 Å². The molecule has 1 amide bonds.